The van der Waals surface area contributed by atoms with Gasteiger partial charge in [-0.3, -0.25) is 0 Å². The summed E-state index contributed by atoms with van der Waals surface area (Å²) in [7, 11) is 1.42. The van der Waals surface area contributed by atoms with Gasteiger partial charge in [0.15, 0.2) is 0 Å². The van der Waals surface area contributed by atoms with E-state index in [1.165, 1.54) is 44.8 Å². The van der Waals surface area contributed by atoms with Crippen LogP contribution >= 0.6 is 0 Å². The van der Waals surface area contributed by atoms with Gasteiger partial charge in [0.1, 0.15) is 0 Å². The van der Waals surface area contributed by atoms with Gasteiger partial charge in [-0.25, -0.2) is 4.39 Å². The smallest absolute Gasteiger partial charge is 0.261 e. The Kier molecular flexibility index (Phi) is 6.26. The van der Waals surface area contributed by atoms with Crippen LogP contribution in [0.2, 0.25) is 0 Å². The number of benzene rings is 2. The predicted molar refractivity (Wildman–Crippen MR) is 106 cm³/mol. The van der Waals surface area contributed by atoms with Crippen LogP contribution in [0.15, 0.2) is 67.3 Å². The molecule has 0 amide bonds. The Hall–Kier alpha value is -1.93. The predicted octanol–water partition coefficient (Wildman–Crippen LogP) is 6.74. The Morgan fingerprint density at radius 3 is 2.19 bits per heavy atom. The molecule has 2 heteroatoms. The second-order valence-corrected chi connectivity index (χ2v) is 7.37. The zero-order valence-corrected chi connectivity index (χ0v) is 15.7. The monoisotopic (exact) mass is 352 g/mol. The van der Waals surface area contributed by atoms with Crippen molar-refractivity contribution in [1.29, 1.82) is 0 Å². The van der Waals surface area contributed by atoms with Crippen LogP contribution in [0, 0.1) is 5.92 Å². The molecule has 0 radical (unpaired) electrons. The van der Waals surface area contributed by atoms with E-state index in [0.717, 1.165) is 12.3 Å². The highest BCUT2D eigenvalue weighted by atomic mass is 19.2. The van der Waals surface area contributed by atoms with Crippen LogP contribution in [0.25, 0.3) is 0 Å². The van der Waals surface area contributed by atoms with E-state index < -0.39 is 5.85 Å². The van der Waals surface area contributed by atoms with Crippen molar-refractivity contribution in [1.82, 2.24) is 0 Å². The Morgan fingerprint density at radius 2 is 1.62 bits per heavy atom. The van der Waals surface area contributed by atoms with Gasteiger partial charge in [0, 0.05) is 18.2 Å². The number of methoxy groups -OCH3 is 1. The van der Waals surface area contributed by atoms with Gasteiger partial charge in [0.25, 0.3) is 5.85 Å². The van der Waals surface area contributed by atoms with Crippen molar-refractivity contribution in [2.45, 2.75) is 50.3 Å². The first-order chi connectivity index (χ1) is 12.7. The van der Waals surface area contributed by atoms with Crippen LogP contribution in [-0.2, 0) is 10.6 Å². The third kappa shape index (κ3) is 4.07. The summed E-state index contributed by atoms with van der Waals surface area (Å²) >= 11 is 0. The lowest BCUT2D eigenvalue weighted by Crippen LogP contribution is -2.24. The van der Waals surface area contributed by atoms with E-state index in [-0.39, 0.29) is 0 Å². The molecule has 1 saturated carbocycles. The zero-order valence-electron chi connectivity index (χ0n) is 15.7. The first-order valence-electron chi connectivity index (χ1n) is 9.68. The summed E-state index contributed by atoms with van der Waals surface area (Å²) in [6, 6.07) is 17.0. The van der Waals surface area contributed by atoms with Gasteiger partial charge < -0.3 is 4.74 Å². The van der Waals surface area contributed by atoms with Crippen molar-refractivity contribution in [3.05, 3.63) is 83.9 Å². The van der Waals surface area contributed by atoms with Gasteiger partial charge in [-0.05, 0) is 55.9 Å². The lowest BCUT2D eigenvalue weighted by atomic mass is 9.77. The zero-order chi connectivity index (χ0) is 18.4. The Bertz CT molecular complexity index is 686. The van der Waals surface area contributed by atoms with E-state index in [1.807, 2.05) is 36.4 Å². The van der Waals surface area contributed by atoms with Crippen molar-refractivity contribution in [3.8, 4) is 0 Å². The average molecular weight is 352 g/mol. The minimum absolute atomic E-state index is 0.526. The summed E-state index contributed by atoms with van der Waals surface area (Å²) in [5, 5.41) is 0. The minimum Gasteiger partial charge on any atom is -0.342 e. The molecule has 0 aromatic heterocycles. The van der Waals surface area contributed by atoms with Crippen LogP contribution in [0.3, 0.4) is 0 Å². The molecule has 26 heavy (non-hydrogen) atoms. The second kappa shape index (κ2) is 8.64. The van der Waals surface area contributed by atoms with Gasteiger partial charge in [0.05, 0.1) is 0 Å². The molecule has 1 fully saturated rings. The molecule has 1 atom stereocenters. The summed E-state index contributed by atoms with van der Waals surface area (Å²) < 4.78 is 20.8. The first-order valence-corrected chi connectivity index (χ1v) is 9.68. The lowest BCUT2D eigenvalue weighted by molar-refractivity contribution is -0.0921. The summed E-state index contributed by atoms with van der Waals surface area (Å²) in [5.74, 6) is -0.465. The van der Waals surface area contributed by atoms with Gasteiger partial charge in [0.2, 0.25) is 0 Å². The minimum atomic E-state index is -1.90. The van der Waals surface area contributed by atoms with Crippen LogP contribution in [-0.4, -0.2) is 7.11 Å². The van der Waals surface area contributed by atoms with E-state index in [1.54, 1.807) is 12.1 Å². The maximum absolute atomic E-state index is 15.5. The second-order valence-electron chi connectivity index (χ2n) is 7.37. The summed E-state index contributed by atoms with van der Waals surface area (Å²) in [6.07, 6.45) is 9.45. The molecule has 2 aromatic carbocycles. The standard InChI is InChI=1S/C24H29FO/c1-3-4-8-19-11-13-20(14-12-19)21-15-17-23(18-16-21)24(25,26-2)22-9-6-5-7-10-22/h3,5-7,9-10,15-20H,1,4,8,11-14H2,2H3. The number of alkyl halides is 1. The summed E-state index contributed by atoms with van der Waals surface area (Å²) in [5.41, 5.74) is 2.40. The number of ether oxygens (including phenoxy) is 1. The van der Waals surface area contributed by atoms with Crippen LogP contribution in [0.1, 0.15) is 61.1 Å². The van der Waals surface area contributed by atoms with Crippen molar-refractivity contribution < 1.29 is 9.13 Å². The van der Waals surface area contributed by atoms with Crippen molar-refractivity contribution in [2.75, 3.05) is 7.11 Å². The highest BCUT2D eigenvalue weighted by Gasteiger charge is 2.34. The fourth-order valence-electron chi connectivity index (χ4n) is 4.16. The quantitative estimate of drug-likeness (QED) is 0.501. The molecule has 0 bridgehead atoms. The molecule has 2 aromatic rings. The van der Waals surface area contributed by atoms with Gasteiger partial charge in [-0.1, -0.05) is 60.7 Å². The lowest BCUT2D eigenvalue weighted by Gasteiger charge is -2.29. The molecule has 1 nitrogen and oxygen atoms in total. The molecule has 0 saturated heterocycles. The average Bonchev–Trinajstić information content (AvgIpc) is 2.73. The fourth-order valence-corrected chi connectivity index (χ4v) is 4.16. The molecular formula is C24H29FO. The number of rotatable bonds is 7. The Labute approximate surface area is 156 Å². The van der Waals surface area contributed by atoms with Gasteiger partial charge in [-0.15, -0.1) is 6.58 Å². The first kappa shape index (κ1) is 18.8. The number of hydrogen-bond acceptors (Lipinski definition) is 1. The fraction of sp³-hybridized carbons (Fsp3) is 0.417. The Morgan fingerprint density at radius 1 is 1.00 bits per heavy atom. The molecule has 1 aliphatic carbocycles. The van der Waals surface area contributed by atoms with Crippen LogP contribution in [0.5, 0.6) is 0 Å². The van der Waals surface area contributed by atoms with Gasteiger partial charge >= 0.3 is 0 Å². The summed E-state index contributed by atoms with van der Waals surface area (Å²) in [4.78, 5) is 0. The van der Waals surface area contributed by atoms with E-state index in [0.29, 0.717) is 17.0 Å². The van der Waals surface area contributed by atoms with E-state index >= 15 is 4.39 Å². The molecule has 3 rings (SSSR count). The molecule has 138 valence electrons. The number of allylic oxidation sites excluding steroid dienone is 1. The highest BCUT2D eigenvalue weighted by Crippen LogP contribution is 2.39. The highest BCUT2D eigenvalue weighted by molar-refractivity contribution is 5.36. The number of halogens is 1. The number of hydrogen-bond donors (Lipinski definition) is 0. The third-order valence-corrected chi connectivity index (χ3v) is 5.81. The maximum Gasteiger partial charge on any atom is 0.261 e. The molecule has 1 unspecified atom stereocenters. The SMILES string of the molecule is C=CCCC1CCC(c2ccc(C(F)(OC)c3ccccc3)cc2)CC1. The van der Waals surface area contributed by atoms with Gasteiger partial charge in [-0.2, -0.15) is 0 Å². The molecule has 0 N–H and O–H groups in total. The molecule has 1 aliphatic rings. The molecule has 0 aliphatic heterocycles. The maximum atomic E-state index is 15.5. The molecular weight excluding hydrogens is 323 g/mol. The summed E-state index contributed by atoms with van der Waals surface area (Å²) in [6.45, 7) is 3.82. The third-order valence-electron chi connectivity index (χ3n) is 5.81. The molecule has 0 heterocycles. The molecule has 0 spiro atoms. The normalized spacial score (nSPS) is 22.5. The van der Waals surface area contributed by atoms with Crippen molar-refractivity contribution >= 4 is 0 Å². The van der Waals surface area contributed by atoms with Crippen molar-refractivity contribution in [2.24, 2.45) is 5.92 Å². The van der Waals surface area contributed by atoms with E-state index in [4.69, 9.17) is 4.74 Å². The van der Waals surface area contributed by atoms with Crippen LogP contribution < -0.4 is 0 Å². The topological polar surface area (TPSA) is 9.23 Å². The van der Waals surface area contributed by atoms with Crippen molar-refractivity contribution in [3.63, 3.8) is 0 Å². The van der Waals surface area contributed by atoms with E-state index in [2.05, 4.69) is 18.7 Å². The Balaban J connectivity index is 1.70. The van der Waals surface area contributed by atoms with E-state index in [9.17, 15) is 0 Å². The largest absolute Gasteiger partial charge is 0.342 e. The van der Waals surface area contributed by atoms with Crippen LogP contribution in [0.4, 0.5) is 4.39 Å².